The number of methoxy groups -OCH3 is 1. The number of hydrogen-bond acceptors (Lipinski definition) is 5. The minimum atomic E-state index is -0.759. The number of aliphatic hydroxyl groups excluding tert-OH is 1. The second kappa shape index (κ2) is 9.61. The van der Waals surface area contributed by atoms with E-state index in [4.69, 9.17) is 9.47 Å². The van der Waals surface area contributed by atoms with Gasteiger partial charge in [0.25, 0.3) is 11.7 Å². The molecule has 168 valence electrons. The van der Waals surface area contributed by atoms with E-state index in [1.165, 1.54) is 4.90 Å². The van der Waals surface area contributed by atoms with Gasteiger partial charge < -0.3 is 19.5 Å². The monoisotopic (exact) mass is 443 g/mol. The molecular weight excluding hydrogens is 418 g/mol. The van der Waals surface area contributed by atoms with Gasteiger partial charge in [-0.1, -0.05) is 60.7 Å². The number of aliphatic hydroxyl groups is 1. The SMILES string of the molecule is CCOc1ccc(C2/C(=C(\O)c3ccccc3)C(=O)C(=O)N2Cc2ccccc2OC)cc1. The number of amides is 1. The third-order valence-corrected chi connectivity index (χ3v) is 5.63. The molecule has 1 amide bonds. The molecular formula is C27H25NO5. The van der Waals surface area contributed by atoms with Gasteiger partial charge in [-0.25, -0.2) is 0 Å². The van der Waals surface area contributed by atoms with Crippen molar-refractivity contribution >= 4 is 17.4 Å². The fraction of sp³-hybridized carbons (Fsp3) is 0.185. The van der Waals surface area contributed by atoms with Crippen LogP contribution in [0, 0.1) is 0 Å². The molecule has 0 saturated carbocycles. The van der Waals surface area contributed by atoms with Gasteiger partial charge in [0.1, 0.15) is 17.3 Å². The van der Waals surface area contributed by atoms with Gasteiger partial charge in [-0.3, -0.25) is 9.59 Å². The van der Waals surface area contributed by atoms with E-state index in [-0.39, 0.29) is 17.9 Å². The van der Waals surface area contributed by atoms with Crippen LogP contribution in [0.3, 0.4) is 0 Å². The highest BCUT2D eigenvalue weighted by Crippen LogP contribution is 2.41. The summed E-state index contributed by atoms with van der Waals surface area (Å²) in [7, 11) is 1.56. The zero-order chi connectivity index (χ0) is 23.4. The van der Waals surface area contributed by atoms with Crippen molar-refractivity contribution in [1.82, 2.24) is 4.90 Å². The van der Waals surface area contributed by atoms with Crippen molar-refractivity contribution in [1.29, 1.82) is 0 Å². The Morgan fingerprint density at radius 1 is 0.939 bits per heavy atom. The van der Waals surface area contributed by atoms with E-state index in [9.17, 15) is 14.7 Å². The number of benzene rings is 3. The standard InChI is InChI=1S/C27H25NO5/c1-3-33-21-15-13-18(14-16-21)24-23(25(29)19-9-5-4-6-10-19)26(30)27(31)28(24)17-20-11-7-8-12-22(20)32-2/h4-16,24,29H,3,17H2,1-2H3/b25-23+. The molecule has 0 bridgehead atoms. The Morgan fingerprint density at radius 3 is 2.27 bits per heavy atom. The summed E-state index contributed by atoms with van der Waals surface area (Å²) in [5.41, 5.74) is 2.00. The van der Waals surface area contributed by atoms with Crippen LogP contribution < -0.4 is 9.47 Å². The number of carbonyl (C=O) groups excluding carboxylic acids is 2. The van der Waals surface area contributed by atoms with Crippen LogP contribution in [0.5, 0.6) is 11.5 Å². The smallest absolute Gasteiger partial charge is 0.295 e. The molecule has 6 heteroatoms. The van der Waals surface area contributed by atoms with Crippen molar-refractivity contribution in [2.75, 3.05) is 13.7 Å². The van der Waals surface area contributed by atoms with E-state index in [1.807, 2.05) is 49.4 Å². The minimum absolute atomic E-state index is 0.0604. The summed E-state index contributed by atoms with van der Waals surface area (Å²) in [6, 6.07) is 22.6. The van der Waals surface area contributed by atoms with Crippen molar-refractivity contribution in [2.45, 2.75) is 19.5 Å². The lowest BCUT2D eigenvalue weighted by molar-refractivity contribution is -0.140. The first kappa shape index (κ1) is 22.1. The molecule has 3 aromatic rings. The molecule has 1 atom stereocenters. The van der Waals surface area contributed by atoms with Crippen molar-refractivity contribution < 1.29 is 24.2 Å². The highest BCUT2D eigenvalue weighted by Gasteiger charge is 2.46. The van der Waals surface area contributed by atoms with Gasteiger partial charge in [0.2, 0.25) is 0 Å². The van der Waals surface area contributed by atoms with Gasteiger partial charge in [-0.2, -0.15) is 0 Å². The summed E-state index contributed by atoms with van der Waals surface area (Å²) in [6.07, 6.45) is 0. The lowest BCUT2D eigenvalue weighted by Gasteiger charge is -2.26. The average Bonchev–Trinajstić information content (AvgIpc) is 3.10. The molecule has 0 aromatic heterocycles. The summed E-state index contributed by atoms with van der Waals surface area (Å²) in [6.45, 7) is 2.58. The molecule has 3 aromatic carbocycles. The molecule has 4 rings (SSSR count). The van der Waals surface area contributed by atoms with Crippen molar-refractivity contribution in [2.24, 2.45) is 0 Å². The van der Waals surface area contributed by atoms with Crippen LogP contribution in [-0.4, -0.2) is 35.4 Å². The maximum absolute atomic E-state index is 13.2. The third-order valence-electron chi connectivity index (χ3n) is 5.63. The molecule has 0 radical (unpaired) electrons. The number of carbonyl (C=O) groups is 2. The van der Waals surface area contributed by atoms with Gasteiger partial charge in [0.15, 0.2) is 0 Å². The number of Topliss-reactive ketones (excluding diaryl/α,β-unsaturated/α-hetero) is 1. The number of para-hydroxylation sites is 1. The Morgan fingerprint density at radius 2 is 1.61 bits per heavy atom. The number of rotatable bonds is 7. The highest BCUT2D eigenvalue weighted by atomic mass is 16.5. The number of likely N-dealkylation sites (tertiary alicyclic amines) is 1. The first-order valence-corrected chi connectivity index (χ1v) is 10.7. The average molecular weight is 443 g/mol. The fourth-order valence-electron chi connectivity index (χ4n) is 4.07. The van der Waals surface area contributed by atoms with Gasteiger partial charge in [-0.05, 0) is 30.7 Å². The van der Waals surface area contributed by atoms with Crippen LogP contribution in [0.1, 0.15) is 29.7 Å². The molecule has 1 unspecified atom stereocenters. The predicted molar refractivity (Wildman–Crippen MR) is 125 cm³/mol. The maximum atomic E-state index is 13.2. The summed E-state index contributed by atoms with van der Waals surface area (Å²) in [4.78, 5) is 27.8. The van der Waals surface area contributed by atoms with Crippen LogP contribution >= 0.6 is 0 Å². The second-order valence-corrected chi connectivity index (χ2v) is 7.61. The number of nitrogens with zero attached hydrogens (tertiary/aromatic N) is 1. The van der Waals surface area contributed by atoms with Crippen LogP contribution in [0.25, 0.3) is 5.76 Å². The molecule has 1 aliphatic heterocycles. The van der Waals surface area contributed by atoms with E-state index in [0.29, 0.717) is 29.2 Å². The van der Waals surface area contributed by atoms with E-state index >= 15 is 0 Å². The summed E-state index contributed by atoms with van der Waals surface area (Å²) >= 11 is 0. The van der Waals surface area contributed by atoms with E-state index in [2.05, 4.69) is 0 Å². The quantitative estimate of drug-likeness (QED) is 0.325. The van der Waals surface area contributed by atoms with E-state index in [1.54, 1.807) is 43.5 Å². The van der Waals surface area contributed by atoms with E-state index < -0.39 is 17.7 Å². The largest absolute Gasteiger partial charge is 0.507 e. The minimum Gasteiger partial charge on any atom is -0.507 e. The Hall–Kier alpha value is -4.06. The normalized spacial score (nSPS) is 17.3. The zero-order valence-electron chi connectivity index (χ0n) is 18.5. The number of ether oxygens (including phenoxy) is 2. The third kappa shape index (κ3) is 4.32. The first-order chi connectivity index (χ1) is 16.0. The van der Waals surface area contributed by atoms with Crippen molar-refractivity contribution in [3.05, 3.63) is 101 Å². The van der Waals surface area contributed by atoms with Gasteiger partial charge in [0.05, 0.1) is 31.9 Å². The lowest BCUT2D eigenvalue weighted by atomic mass is 9.95. The summed E-state index contributed by atoms with van der Waals surface area (Å²) < 4.78 is 11.0. The van der Waals surface area contributed by atoms with Crippen LogP contribution in [0.4, 0.5) is 0 Å². The van der Waals surface area contributed by atoms with Crippen LogP contribution in [0.15, 0.2) is 84.4 Å². The molecule has 1 saturated heterocycles. The summed E-state index contributed by atoms with van der Waals surface area (Å²) in [5.74, 6) is -0.281. The molecule has 1 heterocycles. The summed E-state index contributed by atoms with van der Waals surface area (Å²) in [5, 5.41) is 11.1. The number of hydrogen-bond donors (Lipinski definition) is 1. The van der Waals surface area contributed by atoms with E-state index in [0.717, 1.165) is 5.56 Å². The number of ketones is 1. The van der Waals surface area contributed by atoms with Gasteiger partial charge in [0, 0.05) is 11.1 Å². The molecule has 1 N–H and O–H groups in total. The van der Waals surface area contributed by atoms with Crippen LogP contribution in [-0.2, 0) is 16.1 Å². The Bertz CT molecular complexity index is 1180. The van der Waals surface area contributed by atoms with Crippen molar-refractivity contribution in [3.8, 4) is 11.5 Å². The highest BCUT2D eigenvalue weighted by molar-refractivity contribution is 6.46. The Kier molecular flexibility index (Phi) is 6.45. The van der Waals surface area contributed by atoms with Gasteiger partial charge in [-0.15, -0.1) is 0 Å². The maximum Gasteiger partial charge on any atom is 0.295 e. The Labute approximate surface area is 192 Å². The van der Waals surface area contributed by atoms with Crippen molar-refractivity contribution in [3.63, 3.8) is 0 Å². The molecule has 33 heavy (non-hydrogen) atoms. The van der Waals surface area contributed by atoms with Crippen LogP contribution in [0.2, 0.25) is 0 Å². The second-order valence-electron chi connectivity index (χ2n) is 7.61. The molecule has 0 spiro atoms. The zero-order valence-corrected chi connectivity index (χ0v) is 18.5. The molecule has 1 aliphatic rings. The lowest BCUT2D eigenvalue weighted by Crippen LogP contribution is -2.29. The predicted octanol–water partition coefficient (Wildman–Crippen LogP) is 4.72. The van der Waals surface area contributed by atoms with Gasteiger partial charge >= 0.3 is 0 Å². The first-order valence-electron chi connectivity index (χ1n) is 10.7. The molecule has 0 aliphatic carbocycles. The molecule has 6 nitrogen and oxygen atoms in total. The topological polar surface area (TPSA) is 76.1 Å². The molecule has 1 fully saturated rings. The Balaban J connectivity index is 1.84. The fourth-order valence-corrected chi connectivity index (χ4v) is 4.07.